The van der Waals surface area contributed by atoms with Crippen LogP contribution in [0.5, 0.6) is 0 Å². The van der Waals surface area contributed by atoms with Gasteiger partial charge in [-0.05, 0) is 12.8 Å². The number of aromatic nitrogens is 2. The van der Waals surface area contributed by atoms with Gasteiger partial charge < -0.3 is 5.73 Å². The summed E-state index contributed by atoms with van der Waals surface area (Å²) in [7, 11) is -3.47. The van der Waals surface area contributed by atoms with Crippen molar-refractivity contribution in [3.05, 3.63) is 12.4 Å². The first kappa shape index (κ1) is 11.6. The van der Waals surface area contributed by atoms with Crippen molar-refractivity contribution in [3.8, 4) is 0 Å². The Morgan fingerprint density at radius 2 is 2.19 bits per heavy atom. The van der Waals surface area contributed by atoms with Gasteiger partial charge in [0.2, 0.25) is 10.0 Å². The van der Waals surface area contributed by atoms with E-state index in [-0.39, 0.29) is 17.0 Å². The highest BCUT2D eigenvalue weighted by Crippen LogP contribution is 2.18. The zero-order chi connectivity index (χ0) is 11.6. The van der Waals surface area contributed by atoms with Gasteiger partial charge in [-0.2, -0.15) is 5.10 Å². The molecule has 1 aromatic rings. The van der Waals surface area contributed by atoms with Crippen LogP contribution in [0.25, 0.3) is 0 Å². The summed E-state index contributed by atoms with van der Waals surface area (Å²) in [4.78, 5) is 0.158. The maximum Gasteiger partial charge on any atom is 0.243 e. The molecule has 0 amide bonds. The van der Waals surface area contributed by atoms with Crippen molar-refractivity contribution in [2.45, 2.75) is 42.7 Å². The zero-order valence-electron chi connectivity index (χ0n) is 8.89. The molecule has 0 spiro atoms. The highest BCUT2D eigenvalue weighted by molar-refractivity contribution is 7.89. The van der Waals surface area contributed by atoms with E-state index in [0.29, 0.717) is 0 Å². The number of hydrogen-bond donors (Lipinski definition) is 3. The average Bonchev–Trinajstić information content (AvgIpc) is 2.75. The van der Waals surface area contributed by atoms with Crippen molar-refractivity contribution in [2.24, 2.45) is 5.73 Å². The number of rotatable bonds is 3. The van der Waals surface area contributed by atoms with Crippen LogP contribution in [-0.4, -0.2) is 30.7 Å². The molecule has 1 aliphatic carbocycles. The van der Waals surface area contributed by atoms with E-state index in [1.807, 2.05) is 0 Å². The van der Waals surface area contributed by atoms with E-state index in [2.05, 4.69) is 14.9 Å². The Morgan fingerprint density at radius 1 is 1.44 bits per heavy atom. The summed E-state index contributed by atoms with van der Waals surface area (Å²) in [6, 6.07) is -0.246. The summed E-state index contributed by atoms with van der Waals surface area (Å²) in [6.07, 6.45) is 6.42. The van der Waals surface area contributed by atoms with Gasteiger partial charge in [-0.25, -0.2) is 13.1 Å². The van der Waals surface area contributed by atoms with Gasteiger partial charge in [-0.15, -0.1) is 0 Å². The van der Waals surface area contributed by atoms with E-state index < -0.39 is 10.0 Å². The minimum absolute atomic E-state index is 0.0876. The van der Waals surface area contributed by atoms with Crippen LogP contribution < -0.4 is 10.5 Å². The van der Waals surface area contributed by atoms with Gasteiger partial charge in [0.15, 0.2) is 0 Å². The number of nitrogens with zero attached hydrogens (tertiary/aromatic N) is 1. The first-order chi connectivity index (χ1) is 7.59. The number of nitrogens with two attached hydrogens (primary N) is 1. The quantitative estimate of drug-likeness (QED) is 0.694. The lowest BCUT2D eigenvalue weighted by Crippen LogP contribution is -2.49. The number of sulfonamides is 1. The Hall–Kier alpha value is -0.920. The molecule has 1 aliphatic rings. The fourth-order valence-corrected chi connectivity index (χ4v) is 3.19. The molecule has 0 saturated heterocycles. The van der Waals surface area contributed by atoms with Crippen molar-refractivity contribution < 1.29 is 8.42 Å². The molecule has 4 N–H and O–H groups in total. The van der Waals surface area contributed by atoms with E-state index in [0.717, 1.165) is 25.7 Å². The van der Waals surface area contributed by atoms with Crippen LogP contribution >= 0.6 is 0 Å². The predicted octanol–water partition coefficient (Wildman–Crippen LogP) is -0.0421. The lowest BCUT2D eigenvalue weighted by atomic mass is 9.92. The second-order valence-corrected chi connectivity index (χ2v) is 5.82. The van der Waals surface area contributed by atoms with Crippen molar-refractivity contribution in [3.63, 3.8) is 0 Å². The van der Waals surface area contributed by atoms with Crippen LogP contribution in [0.2, 0.25) is 0 Å². The summed E-state index contributed by atoms with van der Waals surface area (Å²) >= 11 is 0. The van der Waals surface area contributed by atoms with E-state index >= 15 is 0 Å². The average molecular weight is 244 g/mol. The lowest BCUT2D eigenvalue weighted by molar-refractivity contribution is 0.361. The van der Waals surface area contributed by atoms with Gasteiger partial charge in [-0.1, -0.05) is 12.8 Å². The summed E-state index contributed by atoms with van der Waals surface area (Å²) in [5, 5.41) is 6.11. The minimum Gasteiger partial charge on any atom is -0.326 e. The van der Waals surface area contributed by atoms with Gasteiger partial charge in [0.05, 0.1) is 6.20 Å². The Bertz CT molecular complexity index is 428. The third-order valence-corrected chi connectivity index (χ3v) is 4.37. The highest BCUT2D eigenvalue weighted by atomic mass is 32.2. The van der Waals surface area contributed by atoms with Crippen molar-refractivity contribution in [2.75, 3.05) is 0 Å². The summed E-state index contributed by atoms with van der Waals surface area (Å²) in [5.41, 5.74) is 5.89. The van der Waals surface area contributed by atoms with Gasteiger partial charge in [-0.3, -0.25) is 5.10 Å². The summed E-state index contributed by atoms with van der Waals surface area (Å²) in [5.74, 6) is 0. The molecule has 6 nitrogen and oxygen atoms in total. The molecule has 1 saturated carbocycles. The van der Waals surface area contributed by atoms with E-state index in [1.165, 1.54) is 12.4 Å². The van der Waals surface area contributed by atoms with Gasteiger partial charge in [0.1, 0.15) is 4.90 Å². The summed E-state index contributed by atoms with van der Waals surface area (Å²) < 4.78 is 26.4. The van der Waals surface area contributed by atoms with Gasteiger partial charge in [0, 0.05) is 18.3 Å². The molecule has 0 bridgehead atoms. The fraction of sp³-hybridized carbons (Fsp3) is 0.667. The van der Waals surface area contributed by atoms with Gasteiger partial charge >= 0.3 is 0 Å². The molecule has 0 radical (unpaired) electrons. The van der Waals surface area contributed by atoms with E-state index in [4.69, 9.17) is 5.73 Å². The second-order valence-electron chi connectivity index (χ2n) is 4.11. The molecule has 1 fully saturated rings. The Kier molecular flexibility index (Phi) is 3.27. The molecule has 2 rings (SSSR count). The maximum atomic E-state index is 11.9. The molecular formula is C9H16N4O2S. The van der Waals surface area contributed by atoms with Crippen molar-refractivity contribution in [1.29, 1.82) is 0 Å². The maximum absolute atomic E-state index is 11.9. The molecule has 0 aliphatic heterocycles. The summed E-state index contributed by atoms with van der Waals surface area (Å²) in [6.45, 7) is 0. The highest BCUT2D eigenvalue weighted by Gasteiger charge is 2.27. The standard InChI is InChI=1S/C9H16N4O2S/c10-8-3-1-2-4-9(8)13-16(14,15)7-5-11-12-6-7/h5-6,8-9,13H,1-4,10H2,(H,11,12). The van der Waals surface area contributed by atoms with Crippen LogP contribution in [0.1, 0.15) is 25.7 Å². The third-order valence-electron chi connectivity index (χ3n) is 2.91. The predicted molar refractivity (Wildman–Crippen MR) is 59.1 cm³/mol. The largest absolute Gasteiger partial charge is 0.326 e. The van der Waals surface area contributed by atoms with Crippen molar-refractivity contribution >= 4 is 10.0 Å². The molecule has 16 heavy (non-hydrogen) atoms. The van der Waals surface area contributed by atoms with Crippen molar-refractivity contribution in [1.82, 2.24) is 14.9 Å². The molecule has 1 heterocycles. The number of aromatic amines is 1. The Balaban J connectivity index is 2.09. The molecule has 90 valence electrons. The van der Waals surface area contributed by atoms with Crippen LogP contribution in [0.3, 0.4) is 0 Å². The normalized spacial score (nSPS) is 26.8. The van der Waals surface area contributed by atoms with E-state index in [1.54, 1.807) is 0 Å². The number of nitrogens with one attached hydrogen (secondary N) is 2. The lowest BCUT2D eigenvalue weighted by Gasteiger charge is -2.28. The zero-order valence-corrected chi connectivity index (χ0v) is 9.70. The first-order valence-corrected chi connectivity index (χ1v) is 6.84. The van der Waals surface area contributed by atoms with E-state index in [9.17, 15) is 8.42 Å². The topological polar surface area (TPSA) is 101 Å². The SMILES string of the molecule is NC1CCCCC1NS(=O)(=O)c1cn[nH]c1. The number of hydrogen-bond acceptors (Lipinski definition) is 4. The third kappa shape index (κ3) is 2.42. The fourth-order valence-electron chi connectivity index (χ4n) is 1.96. The Labute approximate surface area is 94.7 Å². The van der Waals surface area contributed by atoms with Crippen LogP contribution in [-0.2, 0) is 10.0 Å². The molecule has 0 aromatic carbocycles. The van der Waals surface area contributed by atoms with Crippen LogP contribution in [0, 0.1) is 0 Å². The van der Waals surface area contributed by atoms with Crippen LogP contribution in [0.4, 0.5) is 0 Å². The molecular weight excluding hydrogens is 228 g/mol. The molecule has 7 heteroatoms. The monoisotopic (exact) mass is 244 g/mol. The molecule has 1 aromatic heterocycles. The minimum atomic E-state index is -3.47. The van der Waals surface area contributed by atoms with Crippen LogP contribution in [0.15, 0.2) is 17.3 Å². The number of H-pyrrole nitrogens is 1. The molecule has 2 unspecified atom stereocenters. The molecule has 2 atom stereocenters. The first-order valence-electron chi connectivity index (χ1n) is 5.36. The smallest absolute Gasteiger partial charge is 0.243 e. The second kappa shape index (κ2) is 4.52. The Morgan fingerprint density at radius 3 is 2.81 bits per heavy atom. The van der Waals surface area contributed by atoms with Gasteiger partial charge in [0.25, 0.3) is 0 Å².